The summed E-state index contributed by atoms with van der Waals surface area (Å²) in [5, 5.41) is 8.81. The van der Waals surface area contributed by atoms with Gasteiger partial charge >= 0.3 is 6.09 Å². The molecule has 0 aliphatic carbocycles. The van der Waals surface area contributed by atoms with Crippen LogP contribution in [0.2, 0.25) is 0 Å². The van der Waals surface area contributed by atoms with Crippen molar-refractivity contribution in [3.05, 3.63) is 65.1 Å². The lowest BCUT2D eigenvalue weighted by Crippen LogP contribution is -2.28. The summed E-state index contributed by atoms with van der Waals surface area (Å²) in [4.78, 5) is 24.3. The fourth-order valence-corrected chi connectivity index (χ4v) is 3.49. The Morgan fingerprint density at radius 2 is 1.89 bits per heavy atom. The van der Waals surface area contributed by atoms with Crippen LogP contribution in [-0.4, -0.2) is 37.5 Å². The Kier molecular flexibility index (Phi) is 9.12. The number of aromatic nitrogens is 4. The van der Waals surface area contributed by atoms with Crippen LogP contribution < -0.4 is 0 Å². The van der Waals surface area contributed by atoms with E-state index in [2.05, 4.69) is 30.6 Å². The van der Waals surface area contributed by atoms with E-state index in [9.17, 15) is 9.59 Å². The lowest BCUT2D eigenvalue weighted by Gasteiger charge is -2.19. The van der Waals surface area contributed by atoms with Crippen molar-refractivity contribution < 1.29 is 14.3 Å². The van der Waals surface area contributed by atoms with Gasteiger partial charge in [-0.2, -0.15) is 14.9 Å². The van der Waals surface area contributed by atoms with Gasteiger partial charge in [-0.1, -0.05) is 45.0 Å². The number of hydrogen-bond acceptors (Lipinski definition) is 5. The van der Waals surface area contributed by atoms with E-state index in [1.165, 1.54) is 11.1 Å². The van der Waals surface area contributed by atoms with Gasteiger partial charge in [-0.05, 0) is 63.5 Å². The van der Waals surface area contributed by atoms with Crippen LogP contribution in [0, 0.1) is 6.92 Å². The van der Waals surface area contributed by atoms with Crippen LogP contribution in [0.4, 0.5) is 4.79 Å². The van der Waals surface area contributed by atoms with Crippen molar-refractivity contribution in [1.82, 2.24) is 19.6 Å². The monoisotopic (exact) mass is 476 g/mol. The topological polar surface area (TPSA) is 79.0 Å². The molecule has 0 atom stereocenters. The van der Waals surface area contributed by atoms with Gasteiger partial charge in [-0.15, -0.1) is 0 Å². The molecule has 0 fully saturated rings. The molecule has 2 heterocycles. The number of carbonyl (C=O) groups excluding carboxylic acids is 2. The minimum Gasteiger partial charge on any atom is -0.442 e. The number of aldehydes is 1. The van der Waals surface area contributed by atoms with E-state index in [0.29, 0.717) is 22.5 Å². The zero-order chi connectivity index (χ0) is 26.3. The van der Waals surface area contributed by atoms with Crippen molar-refractivity contribution in [1.29, 1.82) is 0 Å². The van der Waals surface area contributed by atoms with Crippen molar-refractivity contribution in [2.75, 3.05) is 0 Å². The van der Waals surface area contributed by atoms with Gasteiger partial charge in [-0.25, -0.2) is 4.79 Å². The summed E-state index contributed by atoms with van der Waals surface area (Å²) >= 11 is 0. The Labute approximate surface area is 208 Å². The van der Waals surface area contributed by atoms with Gasteiger partial charge in [0.15, 0.2) is 0 Å². The molecular weight excluding hydrogens is 440 g/mol. The molecule has 3 rings (SSSR count). The first-order chi connectivity index (χ1) is 16.5. The normalized spacial score (nSPS) is 11.5. The molecule has 0 unspecified atom stereocenters. The Morgan fingerprint density at radius 1 is 1.23 bits per heavy atom. The number of allylic oxidation sites excluding steroid dienone is 1. The number of aryl methyl sites for hydroxylation is 1. The quantitative estimate of drug-likeness (QED) is 0.378. The van der Waals surface area contributed by atoms with Crippen LogP contribution in [0.3, 0.4) is 0 Å². The number of ether oxygens (including phenoxy) is 1. The van der Waals surface area contributed by atoms with E-state index < -0.39 is 11.7 Å². The Bertz CT molecular complexity index is 1240. The molecule has 0 spiro atoms. The average Bonchev–Trinajstić information content (AvgIpc) is 3.36. The molecule has 7 nitrogen and oxygen atoms in total. The smallest absolute Gasteiger partial charge is 0.435 e. The summed E-state index contributed by atoms with van der Waals surface area (Å²) in [5.74, 6) is 0. The van der Waals surface area contributed by atoms with Gasteiger partial charge in [0.25, 0.3) is 0 Å². The molecule has 186 valence electrons. The molecular formula is C28H36N4O3. The molecule has 0 saturated carbocycles. The highest BCUT2D eigenvalue weighted by atomic mass is 16.6. The minimum absolute atomic E-state index is 0.515. The first-order valence-corrected chi connectivity index (χ1v) is 11.7. The summed E-state index contributed by atoms with van der Waals surface area (Å²) in [6.07, 6.45) is 8.57. The molecule has 35 heavy (non-hydrogen) atoms. The van der Waals surface area contributed by atoms with Gasteiger partial charge in [-0.3, -0.25) is 9.48 Å². The second-order valence-corrected chi connectivity index (χ2v) is 9.32. The van der Waals surface area contributed by atoms with Crippen molar-refractivity contribution in [2.24, 2.45) is 7.05 Å². The maximum absolute atomic E-state index is 12.9. The van der Waals surface area contributed by atoms with Crippen molar-refractivity contribution in [3.8, 4) is 11.3 Å². The highest BCUT2D eigenvalue weighted by molar-refractivity contribution is 5.92. The summed E-state index contributed by atoms with van der Waals surface area (Å²) in [5.41, 5.74) is 5.28. The fraction of sp³-hybridized carbons (Fsp3) is 0.357. The SMILES string of the molecule is C=Cc1c(/C=C(\C)c2cccc(C=O)c2C)c(-c2cnn(C)c2)nn1C(=O)OC(C)(C)C.CCC. The van der Waals surface area contributed by atoms with E-state index in [4.69, 9.17) is 4.74 Å². The van der Waals surface area contributed by atoms with Crippen molar-refractivity contribution in [3.63, 3.8) is 0 Å². The van der Waals surface area contributed by atoms with Crippen molar-refractivity contribution in [2.45, 2.75) is 60.5 Å². The molecule has 2 aromatic heterocycles. The third-order valence-electron chi connectivity index (χ3n) is 4.99. The molecule has 0 N–H and O–H groups in total. The maximum Gasteiger partial charge on any atom is 0.435 e. The molecule has 1 aromatic carbocycles. The highest BCUT2D eigenvalue weighted by Gasteiger charge is 2.25. The van der Waals surface area contributed by atoms with Gasteiger partial charge in [0.2, 0.25) is 0 Å². The third kappa shape index (κ3) is 6.66. The van der Waals surface area contributed by atoms with Crippen LogP contribution in [0.5, 0.6) is 0 Å². The van der Waals surface area contributed by atoms with Crippen molar-refractivity contribution >= 4 is 30.1 Å². The Hall–Kier alpha value is -3.74. The van der Waals surface area contributed by atoms with Gasteiger partial charge < -0.3 is 4.74 Å². The third-order valence-corrected chi connectivity index (χ3v) is 4.99. The number of benzene rings is 1. The van der Waals surface area contributed by atoms with E-state index in [0.717, 1.165) is 28.5 Å². The largest absolute Gasteiger partial charge is 0.442 e. The number of carbonyl (C=O) groups is 2. The molecule has 0 radical (unpaired) electrons. The standard InChI is InChI=1S/C25H28N4O3.C3H8/c1-8-22-21(12-16(2)20-11-9-10-18(15-30)17(20)3)23(19-13-26-28(7)14-19)27-29(22)24(31)32-25(4,5)6;1-3-2/h8-15H,1H2,2-7H3;3H2,1-2H3/b16-12+;. The molecule has 0 aliphatic rings. The van der Waals surface area contributed by atoms with E-state index >= 15 is 0 Å². The lowest BCUT2D eigenvalue weighted by atomic mass is 9.95. The molecule has 0 amide bonds. The van der Waals surface area contributed by atoms with Gasteiger partial charge in [0.05, 0.1) is 11.9 Å². The second-order valence-electron chi connectivity index (χ2n) is 9.32. The predicted octanol–water partition coefficient (Wildman–Crippen LogP) is 6.81. The number of hydrogen-bond donors (Lipinski definition) is 0. The van der Waals surface area contributed by atoms with Crippen LogP contribution in [0.1, 0.15) is 80.7 Å². The molecule has 0 saturated heterocycles. The molecule has 0 bridgehead atoms. The van der Waals surface area contributed by atoms with Crippen LogP contribution in [-0.2, 0) is 11.8 Å². The van der Waals surface area contributed by atoms with Crippen LogP contribution in [0.25, 0.3) is 29.0 Å². The summed E-state index contributed by atoms with van der Waals surface area (Å²) in [6.45, 7) is 17.4. The predicted molar refractivity (Wildman–Crippen MR) is 142 cm³/mol. The van der Waals surface area contributed by atoms with Crippen LogP contribution in [0.15, 0.2) is 37.2 Å². The van der Waals surface area contributed by atoms with Gasteiger partial charge in [0.1, 0.15) is 17.6 Å². The first-order valence-electron chi connectivity index (χ1n) is 11.7. The van der Waals surface area contributed by atoms with Crippen LogP contribution >= 0.6 is 0 Å². The summed E-state index contributed by atoms with van der Waals surface area (Å²) < 4.78 is 8.45. The Morgan fingerprint density at radius 3 is 2.40 bits per heavy atom. The highest BCUT2D eigenvalue weighted by Crippen LogP contribution is 2.31. The molecule has 3 aromatic rings. The number of nitrogens with zero attached hydrogens (tertiary/aromatic N) is 4. The summed E-state index contributed by atoms with van der Waals surface area (Å²) in [6, 6.07) is 5.60. The van der Waals surface area contributed by atoms with E-state index in [1.54, 1.807) is 43.8 Å². The molecule has 7 heteroatoms. The molecule has 0 aliphatic heterocycles. The zero-order valence-electron chi connectivity index (χ0n) is 22.0. The number of rotatable bonds is 5. The second kappa shape index (κ2) is 11.6. The van der Waals surface area contributed by atoms with E-state index in [-0.39, 0.29) is 0 Å². The minimum atomic E-state index is -0.672. The van der Waals surface area contributed by atoms with E-state index in [1.807, 2.05) is 45.3 Å². The summed E-state index contributed by atoms with van der Waals surface area (Å²) in [7, 11) is 1.82. The zero-order valence-corrected chi connectivity index (χ0v) is 22.0. The van der Waals surface area contributed by atoms with Gasteiger partial charge in [0, 0.05) is 29.9 Å². The lowest BCUT2D eigenvalue weighted by molar-refractivity contribution is 0.0513. The average molecular weight is 477 g/mol. The Balaban J connectivity index is 0.00000137. The fourth-order valence-electron chi connectivity index (χ4n) is 3.49. The maximum atomic E-state index is 12.9. The first kappa shape index (κ1) is 27.5.